The summed E-state index contributed by atoms with van der Waals surface area (Å²) in [7, 11) is 0. The fraction of sp³-hybridized carbons (Fsp3) is 0.429. The van der Waals surface area contributed by atoms with Gasteiger partial charge >= 0.3 is 0 Å². The van der Waals surface area contributed by atoms with Crippen molar-refractivity contribution in [2.45, 2.75) is 31.3 Å². The van der Waals surface area contributed by atoms with Crippen molar-refractivity contribution in [3.05, 3.63) is 61.4 Å². The molecular weight excluding hydrogens is 410 g/mol. The first-order chi connectivity index (χ1) is 14.8. The van der Waals surface area contributed by atoms with E-state index in [0.717, 1.165) is 37.4 Å². The number of nitro groups is 1. The minimum absolute atomic E-state index is 0.0380. The van der Waals surface area contributed by atoms with Crippen LogP contribution in [0.25, 0.3) is 10.9 Å². The van der Waals surface area contributed by atoms with Gasteiger partial charge in [-0.3, -0.25) is 19.7 Å². The highest BCUT2D eigenvalue weighted by molar-refractivity contribution is 6.00. The molecule has 1 aliphatic carbocycles. The van der Waals surface area contributed by atoms with Crippen LogP contribution in [0.1, 0.15) is 35.7 Å². The van der Waals surface area contributed by atoms with Crippen LogP contribution in [0.4, 0.5) is 14.5 Å². The Labute approximate surface area is 175 Å². The van der Waals surface area contributed by atoms with E-state index in [2.05, 4.69) is 11.4 Å². The number of aromatic nitrogens is 1. The van der Waals surface area contributed by atoms with Crippen molar-refractivity contribution in [2.75, 3.05) is 31.1 Å². The van der Waals surface area contributed by atoms with Crippen LogP contribution in [-0.2, 0) is 0 Å². The Balaban J connectivity index is 1.68. The first-order valence-electron chi connectivity index (χ1n) is 10.2. The molecule has 1 aromatic heterocycles. The van der Waals surface area contributed by atoms with Gasteiger partial charge in [-0.05, 0) is 37.4 Å². The molecule has 31 heavy (non-hydrogen) atoms. The predicted molar refractivity (Wildman–Crippen MR) is 109 cm³/mol. The third-order valence-corrected chi connectivity index (χ3v) is 6.18. The SMILES string of the molecule is O=C(C[N+](=O)[O-])c1cn(C2CC2)c2c(F)c(N3CC4=CCCNC4C3)c(F)cc2c1=O. The number of hydrogen-bond donors (Lipinski definition) is 1. The zero-order valence-electron chi connectivity index (χ0n) is 16.6. The number of anilines is 1. The molecule has 0 amide bonds. The van der Waals surface area contributed by atoms with Gasteiger partial charge in [-0.2, -0.15) is 0 Å². The molecule has 1 saturated heterocycles. The van der Waals surface area contributed by atoms with Gasteiger partial charge in [0.2, 0.25) is 11.2 Å². The minimum Gasteiger partial charge on any atom is -0.361 e. The van der Waals surface area contributed by atoms with E-state index in [1.807, 2.05) is 0 Å². The molecule has 1 N–H and O–H groups in total. The van der Waals surface area contributed by atoms with E-state index in [1.54, 1.807) is 4.90 Å². The number of carbonyl (C=O) groups is 1. The van der Waals surface area contributed by atoms with Crippen molar-refractivity contribution in [2.24, 2.45) is 0 Å². The molecule has 10 heteroatoms. The van der Waals surface area contributed by atoms with Gasteiger partial charge in [0.15, 0.2) is 5.82 Å². The number of carbonyl (C=O) groups excluding carboxylic acids is 1. The lowest BCUT2D eigenvalue weighted by molar-refractivity contribution is -0.465. The normalized spacial score (nSPS) is 20.6. The van der Waals surface area contributed by atoms with E-state index in [0.29, 0.717) is 13.1 Å². The molecule has 8 nitrogen and oxygen atoms in total. The molecule has 5 rings (SSSR count). The fourth-order valence-corrected chi connectivity index (χ4v) is 4.58. The predicted octanol–water partition coefficient (Wildman–Crippen LogP) is 2.18. The Bertz CT molecular complexity index is 1220. The third kappa shape index (κ3) is 3.31. The molecular formula is C21H20F2N4O4. The minimum atomic E-state index is -1.05. The number of pyridine rings is 1. The van der Waals surface area contributed by atoms with Crippen LogP contribution in [0.2, 0.25) is 0 Å². The Morgan fingerprint density at radius 1 is 1.32 bits per heavy atom. The number of nitrogens with one attached hydrogen (secondary N) is 1. The lowest BCUT2D eigenvalue weighted by atomic mass is 10.1. The van der Waals surface area contributed by atoms with Gasteiger partial charge in [0.05, 0.1) is 16.5 Å². The Morgan fingerprint density at radius 3 is 2.77 bits per heavy atom. The Kier molecular flexibility index (Phi) is 4.62. The first kappa shape index (κ1) is 19.8. The zero-order valence-corrected chi connectivity index (χ0v) is 16.6. The Hall–Kier alpha value is -3.14. The van der Waals surface area contributed by atoms with Crippen LogP contribution in [-0.4, -0.2) is 47.5 Å². The molecule has 162 valence electrons. The van der Waals surface area contributed by atoms with Gasteiger partial charge in [0, 0.05) is 36.3 Å². The van der Waals surface area contributed by atoms with Crippen molar-refractivity contribution in [3.63, 3.8) is 0 Å². The maximum Gasteiger partial charge on any atom is 0.266 e. The molecule has 0 spiro atoms. The maximum absolute atomic E-state index is 15.8. The van der Waals surface area contributed by atoms with E-state index >= 15 is 8.78 Å². The third-order valence-electron chi connectivity index (χ3n) is 6.18. The summed E-state index contributed by atoms with van der Waals surface area (Å²) < 4.78 is 32.4. The lowest BCUT2D eigenvalue weighted by Gasteiger charge is -2.22. The zero-order chi connectivity index (χ0) is 21.9. The summed E-state index contributed by atoms with van der Waals surface area (Å²) in [5.41, 5.74) is -0.460. The summed E-state index contributed by atoms with van der Waals surface area (Å²) in [6.45, 7) is 0.570. The van der Waals surface area contributed by atoms with E-state index in [1.165, 1.54) is 10.8 Å². The molecule has 1 atom stereocenters. The lowest BCUT2D eigenvalue weighted by Crippen LogP contribution is -2.36. The first-order valence-corrected chi connectivity index (χ1v) is 10.2. The van der Waals surface area contributed by atoms with E-state index in [4.69, 9.17) is 0 Å². The highest BCUT2D eigenvalue weighted by Crippen LogP contribution is 2.40. The molecule has 1 unspecified atom stereocenters. The molecule has 1 aromatic carbocycles. The topological polar surface area (TPSA) is 97.5 Å². The van der Waals surface area contributed by atoms with Crippen LogP contribution in [0.3, 0.4) is 0 Å². The number of rotatable bonds is 5. The number of hydrogen-bond acceptors (Lipinski definition) is 6. The number of benzene rings is 1. The molecule has 0 bridgehead atoms. The van der Waals surface area contributed by atoms with Gasteiger partial charge in [-0.25, -0.2) is 8.78 Å². The highest BCUT2D eigenvalue weighted by atomic mass is 19.1. The summed E-state index contributed by atoms with van der Waals surface area (Å²) in [6.07, 6.45) is 5.59. The quantitative estimate of drug-likeness (QED) is 0.338. The average Bonchev–Trinajstić information content (AvgIpc) is 3.47. The molecule has 2 aromatic rings. The second kappa shape index (κ2) is 7.23. The number of ketones is 1. The van der Waals surface area contributed by atoms with E-state index < -0.39 is 39.9 Å². The molecule has 2 aliphatic heterocycles. The van der Waals surface area contributed by atoms with Crippen LogP contribution in [0.15, 0.2) is 28.7 Å². The number of halogens is 2. The number of fused-ring (bicyclic) bond motifs is 2. The Morgan fingerprint density at radius 2 is 2.10 bits per heavy atom. The molecule has 1 saturated carbocycles. The molecule has 0 radical (unpaired) electrons. The van der Waals surface area contributed by atoms with Gasteiger partial charge in [0.25, 0.3) is 6.54 Å². The van der Waals surface area contributed by atoms with Crippen LogP contribution >= 0.6 is 0 Å². The van der Waals surface area contributed by atoms with Gasteiger partial charge in [-0.15, -0.1) is 0 Å². The second-order valence-electron chi connectivity index (χ2n) is 8.30. The van der Waals surface area contributed by atoms with Crippen molar-refractivity contribution in [1.82, 2.24) is 9.88 Å². The smallest absolute Gasteiger partial charge is 0.266 e. The highest BCUT2D eigenvalue weighted by Gasteiger charge is 2.35. The summed E-state index contributed by atoms with van der Waals surface area (Å²) >= 11 is 0. The van der Waals surface area contributed by atoms with Crippen molar-refractivity contribution in [3.8, 4) is 0 Å². The standard InChI is InChI=1S/C21H20F2N4O4/c22-15-6-13-19(18(23)20(15)25-7-11-2-1-5-24-16(11)9-25)26(12-3-4-12)8-14(21(13)29)17(28)10-27(30)31/h2,6,8,12,16,24H,1,3-5,7,9-10H2. The fourth-order valence-electron chi connectivity index (χ4n) is 4.58. The van der Waals surface area contributed by atoms with Gasteiger partial charge in [0.1, 0.15) is 11.5 Å². The van der Waals surface area contributed by atoms with Crippen molar-refractivity contribution < 1.29 is 18.5 Å². The van der Waals surface area contributed by atoms with Crippen molar-refractivity contribution >= 4 is 22.4 Å². The van der Waals surface area contributed by atoms with Crippen molar-refractivity contribution in [1.29, 1.82) is 0 Å². The summed E-state index contributed by atoms with van der Waals surface area (Å²) in [6, 6.07) is 0.862. The van der Waals surface area contributed by atoms with Crippen LogP contribution < -0.4 is 15.6 Å². The maximum atomic E-state index is 15.8. The van der Waals surface area contributed by atoms with Gasteiger partial charge < -0.3 is 14.8 Å². The summed E-state index contributed by atoms with van der Waals surface area (Å²) in [5.74, 6) is -2.70. The van der Waals surface area contributed by atoms with E-state index in [9.17, 15) is 19.7 Å². The monoisotopic (exact) mass is 430 g/mol. The average molecular weight is 430 g/mol. The molecule has 3 heterocycles. The van der Waals surface area contributed by atoms with E-state index in [-0.39, 0.29) is 28.7 Å². The van der Waals surface area contributed by atoms with Crippen LogP contribution in [0.5, 0.6) is 0 Å². The number of nitrogens with zero attached hydrogens (tertiary/aromatic N) is 3. The van der Waals surface area contributed by atoms with Gasteiger partial charge in [-0.1, -0.05) is 6.08 Å². The second-order valence-corrected chi connectivity index (χ2v) is 8.30. The largest absolute Gasteiger partial charge is 0.361 e. The number of Topliss-reactive ketones (excluding diaryl/α,β-unsaturated/α-hetero) is 1. The molecule has 2 fully saturated rings. The molecule has 3 aliphatic rings. The summed E-state index contributed by atoms with van der Waals surface area (Å²) in [5, 5.41) is 13.8. The van der Waals surface area contributed by atoms with Crippen LogP contribution in [0, 0.1) is 21.7 Å². The summed E-state index contributed by atoms with van der Waals surface area (Å²) in [4.78, 5) is 36.6.